The van der Waals surface area contributed by atoms with E-state index in [4.69, 9.17) is 0 Å². The third-order valence-corrected chi connectivity index (χ3v) is 5.92. The van der Waals surface area contributed by atoms with Gasteiger partial charge < -0.3 is 0 Å². The van der Waals surface area contributed by atoms with Crippen LogP contribution >= 0.6 is 22.2 Å². The number of hydrogen-bond donors (Lipinski definition) is 1. The lowest BCUT2D eigenvalue weighted by molar-refractivity contribution is 1.42. The first-order valence-electron chi connectivity index (χ1n) is 4.55. The standard InChI is InChI=1S/C12H10S2/c1-2-5-11-10(4-1)7-9-14(11)12-6-3-8-13-12/h1-9,14H. The molecule has 0 fully saturated rings. The van der Waals surface area contributed by atoms with Gasteiger partial charge in [0, 0.05) is 9.10 Å². The van der Waals surface area contributed by atoms with Crippen molar-refractivity contribution in [1.82, 2.24) is 0 Å². The highest BCUT2D eigenvalue weighted by Gasteiger charge is 2.15. The summed E-state index contributed by atoms with van der Waals surface area (Å²) in [5, 5.41) is 4.51. The van der Waals surface area contributed by atoms with Crippen LogP contribution in [0, 0.1) is 0 Å². The second-order valence-electron chi connectivity index (χ2n) is 3.20. The molecule has 1 aromatic heterocycles. The van der Waals surface area contributed by atoms with Crippen LogP contribution in [0.2, 0.25) is 0 Å². The van der Waals surface area contributed by atoms with E-state index in [0.29, 0.717) is 0 Å². The zero-order valence-electron chi connectivity index (χ0n) is 7.55. The summed E-state index contributed by atoms with van der Waals surface area (Å²) in [7, 11) is -0.181. The van der Waals surface area contributed by atoms with E-state index in [1.54, 1.807) is 0 Å². The van der Waals surface area contributed by atoms with Gasteiger partial charge in [0.05, 0.1) is 0 Å². The Morgan fingerprint density at radius 3 is 2.79 bits per heavy atom. The van der Waals surface area contributed by atoms with Crippen molar-refractivity contribution in [2.75, 3.05) is 0 Å². The molecule has 0 N–H and O–H groups in total. The van der Waals surface area contributed by atoms with Crippen LogP contribution in [0.1, 0.15) is 5.56 Å². The third-order valence-electron chi connectivity index (χ3n) is 2.34. The maximum Gasteiger partial charge on any atom is 0.0478 e. The van der Waals surface area contributed by atoms with E-state index in [9.17, 15) is 0 Å². The molecule has 70 valence electrons. The van der Waals surface area contributed by atoms with E-state index in [1.165, 1.54) is 14.7 Å². The highest BCUT2D eigenvalue weighted by molar-refractivity contribution is 8.21. The number of rotatable bonds is 1. The molecule has 3 rings (SSSR count). The first-order chi connectivity index (χ1) is 6.95. The third kappa shape index (κ3) is 1.22. The van der Waals surface area contributed by atoms with Crippen molar-refractivity contribution in [2.45, 2.75) is 9.10 Å². The minimum absolute atomic E-state index is 0.181. The minimum Gasteiger partial charge on any atom is -0.170 e. The van der Waals surface area contributed by atoms with Crippen molar-refractivity contribution < 1.29 is 0 Å². The maximum atomic E-state index is 2.35. The molecule has 1 atom stereocenters. The molecule has 1 aliphatic rings. The van der Waals surface area contributed by atoms with Gasteiger partial charge in [0.2, 0.25) is 0 Å². The topological polar surface area (TPSA) is 0 Å². The fourth-order valence-corrected chi connectivity index (χ4v) is 5.03. The van der Waals surface area contributed by atoms with Crippen molar-refractivity contribution >= 4 is 28.3 Å². The molecule has 0 nitrogen and oxygen atoms in total. The lowest BCUT2D eigenvalue weighted by Gasteiger charge is -2.12. The van der Waals surface area contributed by atoms with Crippen LogP contribution < -0.4 is 0 Å². The first kappa shape index (κ1) is 8.33. The second-order valence-corrected chi connectivity index (χ2v) is 6.45. The molecule has 1 unspecified atom stereocenters. The molecular weight excluding hydrogens is 208 g/mol. The van der Waals surface area contributed by atoms with E-state index in [0.717, 1.165) is 0 Å². The molecule has 2 aromatic rings. The highest BCUT2D eigenvalue weighted by atomic mass is 32.2. The molecule has 1 aromatic carbocycles. The van der Waals surface area contributed by atoms with Gasteiger partial charge in [0.25, 0.3) is 0 Å². The Balaban J connectivity index is 2.11. The van der Waals surface area contributed by atoms with Crippen molar-refractivity contribution in [3.63, 3.8) is 0 Å². The predicted molar refractivity (Wildman–Crippen MR) is 65.3 cm³/mol. The SMILES string of the molecule is C1=C[SH](c2cccs2)c2ccccc21. The summed E-state index contributed by atoms with van der Waals surface area (Å²) in [4.78, 5) is 1.50. The molecule has 14 heavy (non-hydrogen) atoms. The Morgan fingerprint density at radius 2 is 1.93 bits per heavy atom. The normalized spacial score (nSPS) is 21.0. The fraction of sp³-hybridized carbons (Fsp3) is 0. The highest BCUT2D eigenvalue weighted by Crippen LogP contribution is 2.53. The van der Waals surface area contributed by atoms with Crippen LogP contribution in [0.4, 0.5) is 0 Å². The van der Waals surface area contributed by atoms with Gasteiger partial charge in [0.15, 0.2) is 0 Å². The van der Waals surface area contributed by atoms with Gasteiger partial charge >= 0.3 is 0 Å². The molecule has 0 saturated heterocycles. The summed E-state index contributed by atoms with van der Waals surface area (Å²) in [6, 6.07) is 13.1. The summed E-state index contributed by atoms with van der Waals surface area (Å²) >= 11 is 1.86. The Labute approximate surface area is 90.3 Å². The largest absolute Gasteiger partial charge is 0.170 e. The molecule has 0 bridgehead atoms. The van der Waals surface area contributed by atoms with E-state index in [2.05, 4.69) is 53.3 Å². The van der Waals surface area contributed by atoms with Gasteiger partial charge in [-0.25, -0.2) is 0 Å². The summed E-state index contributed by atoms with van der Waals surface area (Å²) in [6.45, 7) is 0. The van der Waals surface area contributed by atoms with Crippen LogP contribution in [0.3, 0.4) is 0 Å². The smallest absolute Gasteiger partial charge is 0.0478 e. The Hall–Kier alpha value is -0.990. The van der Waals surface area contributed by atoms with E-state index in [1.807, 2.05) is 11.3 Å². The molecule has 2 heteroatoms. The van der Waals surface area contributed by atoms with Crippen LogP contribution in [0.15, 0.2) is 56.3 Å². The number of hydrogen-bond acceptors (Lipinski definition) is 1. The van der Waals surface area contributed by atoms with Crippen LogP contribution in [0.25, 0.3) is 6.08 Å². The Morgan fingerprint density at radius 1 is 1.00 bits per heavy atom. The average Bonchev–Trinajstić information content (AvgIpc) is 2.85. The number of fused-ring (bicyclic) bond motifs is 1. The summed E-state index contributed by atoms with van der Waals surface area (Å²) in [5.74, 6) is 0. The van der Waals surface area contributed by atoms with Crippen LogP contribution in [0.5, 0.6) is 0 Å². The van der Waals surface area contributed by atoms with Gasteiger partial charge in [-0.1, -0.05) is 24.3 Å². The molecule has 2 heterocycles. The molecule has 1 aliphatic heterocycles. The molecule has 0 radical (unpaired) electrons. The molecule has 0 aliphatic carbocycles. The molecule has 0 spiro atoms. The monoisotopic (exact) mass is 218 g/mol. The quantitative estimate of drug-likeness (QED) is 0.683. The average molecular weight is 218 g/mol. The summed E-state index contributed by atoms with van der Waals surface area (Å²) < 4.78 is 1.50. The van der Waals surface area contributed by atoms with Gasteiger partial charge in [-0.2, -0.15) is 10.9 Å². The Kier molecular flexibility index (Phi) is 1.96. The van der Waals surface area contributed by atoms with Gasteiger partial charge in [-0.15, -0.1) is 11.3 Å². The van der Waals surface area contributed by atoms with Crippen LogP contribution in [-0.2, 0) is 0 Å². The first-order valence-corrected chi connectivity index (χ1v) is 6.84. The molecular formula is C12H10S2. The summed E-state index contributed by atoms with van der Waals surface area (Å²) in [6.07, 6.45) is 2.25. The number of thiol groups is 1. The zero-order chi connectivity index (χ0) is 9.38. The van der Waals surface area contributed by atoms with E-state index in [-0.39, 0.29) is 10.9 Å². The minimum atomic E-state index is -0.181. The Bertz CT molecular complexity index is 469. The maximum absolute atomic E-state index is 2.35. The summed E-state index contributed by atoms with van der Waals surface area (Å²) in [5.41, 5.74) is 1.40. The number of thiophene rings is 1. The second kappa shape index (κ2) is 3.30. The molecule has 0 saturated carbocycles. The van der Waals surface area contributed by atoms with E-state index >= 15 is 0 Å². The number of benzene rings is 1. The van der Waals surface area contributed by atoms with Crippen molar-refractivity contribution in [1.29, 1.82) is 0 Å². The lowest BCUT2D eigenvalue weighted by Crippen LogP contribution is -1.77. The van der Waals surface area contributed by atoms with Crippen molar-refractivity contribution in [3.05, 3.63) is 52.7 Å². The zero-order valence-corrected chi connectivity index (χ0v) is 9.26. The van der Waals surface area contributed by atoms with Crippen molar-refractivity contribution in [3.8, 4) is 0 Å². The van der Waals surface area contributed by atoms with Gasteiger partial charge in [-0.3, -0.25) is 0 Å². The fourth-order valence-electron chi connectivity index (χ4n) is 1.68. The lowest BCUT2D eigenvalue weighted by atomic mass is 10.2. The predicted octanol–water partition coefficient (Wildman–Crippen LogP) is 4.15. The van der Waals surface area contributed by atoms with E-state index < -0.39 is 0 Å². The van der Waals surface area contributed by atoms with Crippen molar-refractivity contribution in [2.24, 2.45) is 0 Å². The van der Waals surface area contributed by atoms with Gasteiger partial charge in [0.1, 0.15) is 0 Å². The van der Waals surface area contributed by atoms with Gasteiger partial charge in [-0.05, 0) is 34.6 Å². The van der Waals surface area contributed by atoms with Crippen LogP contribution in [-0.4, -0.2) is 0 Å². The molecule has 0 amide bonds.